The monoisotopic (exact) mass is 632 g/mol. The van der Waals surface area contributed by atoms with Crippen molar-refractivity contribution in [2.24, 2.45) is 17.8 Å². The Labute approximate surface area is 277 Å². The van der Waals surface area contributed by atoms with Crippen molar-refractivity contribution < 1.29 is 28.5 Å². The summed E-state index contributed by atoms with van der Waals surface area (Å²) in [5.74, 6) is -0.411. The summed E-state index contributed by atoms with van der Waals surface area (Å²) in [5.41, 5.74) is 0.940. The lowest BCUT2D eigenvalue weighted by Gasteiger charge is -2.37. The number of hydrogen-bond donors (Lipinski definition) is 0. The molecular weight excluding hydrogens is 576 g/mol. The van der Waals surface area contributed by atoms with Gasteiger partial charge in [-0.2, -0.15) is 0 Å². The van der Waals surface area contributed by atoms with Gasteiger partial charge in [0.1, 0.15) is 6.10 Å². The van der Waals surface area contributed by atoms with Crippen molar-refractivity contribution >= 4 is 11.9 Å². The molecule has 2 aliphatic rings. The van der Waals surface area contributed by atoms with E-state index < -0.39 is 17.9 Å². The average Bonchev–Trinajstić information content (AvgIpc) is 3.55. The first kappa shape index (κ1) is 35.9. The summed E-state index contributed by atoms with van der Waals surface area (Å²) in [7, 11) is 0. The molecule has 0 bridgehead atoms. The number of allylic oxidation sites excluding steroid dienone is 1. The van der Waals surface area contributed by atoms with Crippen LogP contribution < -0.4 is 0 Å². The topological polar surface area (TPSA) is 71.1 Å². The molecule has 1 heterocycles. The van der Waals surface area contributed by atoms with E-state index in [-0.39, 0.29) is 18.0 Å². The van der Waals surface area contributed by atoms with Crippen molar-refractivity contribution in [2.75, 3.05) is 13.2 Å². The Hall–Kier alpha value is -2.96. The minimum atomic E-state index is -1.63. The van der Waals surface area contributed by atoms with E-state index in [0.29, 0.717) is 49.0 Å². The van der Waals surface area contributed by atoms with E-state index in [1.54, 1.807) is 0 Å². The first-order valence-electron chi connectivity index (χ1n) is 17.8. The molecule has 4 rings (SSSR count). The minimum absolute atomic E-state index is 0.273. The normalized spacial score (nSPS) is 22.5. The van der Waals surface area contributed by atoms with Gasteiger partial charge in [0.05, 0.1) is 12.5 Å². The number of carbonyl (C=O) groups excluding carboxylic acids is 2. The predicted molar refractivity (Wildman–Crippen MR) is 182 cm³/mol. The fraction of sp³-hybridized carbons (Fsp3) is 0.600. The lowest BCUT2D eigenvalue weighted by Crippen LogP contribution is -2.47. The number of unbranched alkanes of at least 4 members (excludes halogenated alkanes) is 4. The highest BCUT2D eigenvalue weighted by Gasteiger charge is 2.49. The van der Waals surface area contributed by atoms with Gasteiger partial charge < -0.3 is 18.9 Å². The maximum atomic E-state index is 14.9. The highest BCUT2D eigenvalue weighted by molar-refractivity contribution is 5.86. The Bertz CT molecular complexity index is 1170. The standard InChI is InChI=1S/C40H56O6/c1-5-7-9-12-17-31(4)32-24-23-30(3)27-36(28-32)44-39(42)40(34-18-13-10-14-19-34,35-20-15-11-16-21-35)46-37(22-8-6-2)45-38(41)33-25-26-43-29-33/h10-11,13-16,18-21,30,32-33,36-37H,4-9,12,17,22-29H2,1-3H3. The Morgan fingerprint density at radius 2 is 1.54 bits per heavy atom. The smallest absolute Gasteiger partial charge is 0.348 e. The summed E-state index contributed by atoms with van der Waals surface area (Å²) in [6.07, 6.45) is 11.1. The van der Waals surface area contributed by atoms with Crippen molar-refractivity contribution in [2.45, 2.75) is 122 Å². The summed E-state index contributed by atoms with van der Waals surface area (Å²) in [6, 6.07) is 19.0. The molecule has 1 saturated carbocycles. The SMILES string of the molecule is C=C(CCCCCC)C1CCC(C)CC(OC(=O)C(OC(CCCC)OC(=O)C2CCOC2)(c2ccccc2)c2ccccc2)C1. The summed E-state index contributed by atoms with van der Waals surface area (Å²) in [5, 5.41) is 0. The van der Waals surface area contributed by atoms with Gasteiger partial charge in [0, 0.05) is 13.0 Å². The molecule has 2 fully saturated rings. The van der Waals surface area contributed by atoms with Gasteiger partial charge in [-0.05, 0) is 67.9 Å². The van der Waals surface area contributed by atoms with Crippen molar-refractivity contribution in [3.63, 3.8) is 0 Å². The van der Waals surface area contributed by atoms with Gasteiger partial charge >= 0.3 is 11.9 Å². The Morgan fingerprint density at radius 1 is 0.870 bits per heavy atom. The molecule has 6 heteroatoms. The molecule has 6 nitrogen and oxygen atoms in total. The van der Waals surface area contributed by atoms with Gasteiger partial charge in [-0.3, -0.25) is 4.79 Å². The first-order valence-corrected chi connectivity index (χ1v) is 17.8. The lowest BCUT2D eigenvalue weighted by molar-refractivity contribution is -0.225. The van der Waals surface area contributed by atoms with Crippen LogP contribution >= 0.6 is 0 Å². The van der Waals surface area contributed by atoms with Crippen LogP contribution in [0.2, 0.25) is 0 Å². The second kappa shape index (κ2) is 18.4. The van der Waals surface area contributed by atoms with Crippen LogP contribution in [-0.4, -0.2) is 37.5 Å². The zero-order valence-electron chi connectivity index (χ0n) is 28.4. The van der Waals surface area contributed by atoms with E-state index in [1.165, 1.54) is 24.8 Å². The fourth-order valence-corrected chi connectivity index (χ4v) is 6.86. The van der Waals surface area contributed by atoms with E-state index >= 15 is 0 Å². The van der Waals surface area contributed by atoms with Gasteiger partial charge in [0.25, 0.3) is 0 Å². The Morgan fingerprint density at radius 3 is 2.15 bits per heavy atom. The van der Waals surface area contributed by atoms with Crippen LogP contribution in [-0.2, 0) is 34.1 Å². The average molecular weight is 633 g/mol. The zero-order valence-corrected chi connectivity index (χ0v) is 28.4. The van der Waals surface area contributed by atoms with Crippen LogP contribution in [0.3, 0.4) is 0 Å². The largest absolute Gasteiger partial charge is 0.460 e. The molecule has 2 aromatic carbocycles. The highest BCUT2D eigenvalue weighted by Crippen LogP contribution is 2.40. The predicted octanol–water partition coefficient (Wildman–Crippen LogP) is 9.31. The highest BCUT2D eigenvalue weighted by atomic mass is 16.7. The van der Waals surface area contributed by atoms with E-state index in [9.17, 15) is 9.59 Å². The molecular formula is C40H56O6. The molecule has 1 saturated heterocycles. The molecule has 1 aliphatic heterocycles. The van der Waals surface area contributed by atoms with Gasteiger partial charge in [-0.25, -0.2) is 4.79 Å². The van der Waals surface area contributed by atoms with Crippen LogP contribution in [0.15, 0.2) is 72.8 Å². The number of carbonyl (C=O) groups is 2. The van der Waals surface area contributed by atoms with Crippen molar-refractivity contribution in [1.82, 2.24) is 0 Å². The van der Waals surface area contributed by atoms with Gasteiger partial charge in [-0.1, -0.05) is 126 Å². The molecule has 0 amide bonds. The third-order valence-electron chi connectivity index (χ3n) is 9.68. The third-order valence-corrected chi connectivity index (χ3v) is 9.68. The quantitative estimate of drug-likeness (QED) is 0.0569. The fourth-order valence-electron chi connectivity index (χ4n) is 6.86. The van der Waals surface area contributed by atoms with Crippen molar-refractivity contribution in [3.8, 4) is 0 Å². The van der Waals surface area contributed by atoms with Gasteiger partial charge in [0.2, 0.25) is 11.9 Å². The summed E-state index contributed by atoms with van der Waals surface area (Å²) < 4.78 is 25.0. The van der Waals surface area contributed by atoms with Crippen molar-refractivity contribution in [3.05, 3.63) is 83.9 Å². The molecule has 5 unspecified atom stereocenters. The third kappa shape index (κ3) is 9.78. The van der Waals surface area contributed by atoms with Crippen LogP contribution in [0.25, 0.3) is 0 Å². The maximum Gasteiger partial charge on any atom is 0.348 e. The number of hydrogen-bond acceptors (Lipinski definition) is 6. The van der Waals surface area contributed by atoms with Crippen molar-refractivity contribution in [1.29, 1.82) is 0 Å². The summed E-state index contributed by atoms with van der Waals surface area (Å²) >= 11 is 0. The second-order valence-electron chi connectivity index (χ2n) is 13.4. The van der Waals surface area contributed by atoms with Crippen LogP contribution in [0.4, 0.5) is 0 Å². The zero-order chi connectivity index (χ0) is 32.8. The molecule has 0 N–H and O–H groups in total. The van der Waals surface area contributed by atoms with E-state index in [1.807, 2.05) is 60.7 Å². The molecule has 0 aromatic heterocycles. The molecule has 46 heavy (non-hydrogen) atoms. The first-order chi connectivity index (χ1) is 22.4. The van der Waals surface area contributed by atoms with Crippen LogP contribution in [0, 0.1) is 17.8 Å². The minimum Gasteiger partial charge on any atom is -0.460 e. The maximum absolute atomic E-state index is 14.9. The molecule has 0 radical (unpaired) electrons. The van der Waals surface area contributed by atoms with Gasteiger partial charge in [-0.15, -0.1) is 0 Å². The number of rotatable bonds is 17. The molecule has 252 valence electrons. The molecule has 5 atom stereocenters. The molecule has 2 aromatic rings. The Balaban J connectivity index is 1.67. The van der Waals surface area contributed by atoms with Crippen LogP contribution in [0.5, 0.6) is 0 Å². The van der Waals surface area contributed by atoms with Gasteiger partial charge in [0.15, 0.2) is 0 Å². The summed E-state index contributed by atoms with van der Waals surface area (Å²) in [4.78, 5) is 28.1. The number of ether oxygens (including phenoxy) is 4. The van der Waals surface area contributed by atoms with E-state index in [4.69, 9.17) is 18.9 Å². The number of benzene rings is 2. The Kier molecular flexibility index (Phi) is 14.4. The second-order valence-corrected chi connectivity index (χ2v) is 13.4. The molecule has 1 aliphatic carbocycles. The lowest BCUT2D eigenvalue weighted by atomic mass is 9.85. The number of esters is 2. The van der Waals surface area contributed by atoms with Crippen LogP contribution in [0.1, 0.15) is 115 Å². The van der Waals surface area contributed by atoms with E-state index in [2.05, 4.69) is 27.4 Å². The molecule has 0 spiro atoms. The van der Waals surface area contributed by atoms with E-state index in [0.717, 1.165) is 51.4 Å². The summed E-state index contributed by atoms with van der Waals surface area (Å²) in [6.45, 7) is 12.0.